The van der Waals surface area contributed by atoms with Gasteiger partial charge >= 0.3 is 6.03 Å². The molecule has 0 saturated carbocycles. The molecule has 0 unspecified atom stereocenters. The van der Waals surface area contributed by atoms with E-state index in [0.29, 0.717) is 26.2 Å². The number of carbonyl (C=O) groups is 1. The van der Waals surface area contributed by atoms with Gasteiger partial charge in [0.05, 0.1) is 11.4 Å². The summed E-state index contributed by atoms with van der Waals surface area (Å²) in [5, 5.41) is 2.81. The van der Waals surface area contributed by atoms with Gasteiger partial charge in [-0.15, -0.1) is 0 Å². The number of sulfonamides is 1. The zero-order valence-corrected chi connectivity index (χ0v) is 16.7. The molecule has 0 radical (unpaired) electrons. The van der Waals surface area contributed by atoms with Crippen LogP contribution in [-0.2, 0) is 10.0 Å². The molecule has 2 amide bonds. The zero-order chi connectivity index (χ0) is 20.0. The number of urea groups is 1. The fourth-order valence-electron chi connectivity index (χ4n) is 2.95. The molecule has 1 N–H and O–H groups in total. The standard InChI is InChI=1S/C20H25N3O4S/c1-17-7-9-19(10-8-17)28(25,26)23-14-12-22(13-15-23)20(24)21-11-16-27-18-5-3-2-4-6-18/h2-10H,11-16H2,1H3,(H,21,24). The Kier molecular flexibility index (Phi) is 6.53. The Labute approximate surface area is 166 Å². The summed E-state index contributed by atoms with van der Waals surface area (Å²) in [5.74, 6) is 0.756. The Morgan fingerprint density at radius 3 is 2.29 bits per heavy atom. The van der Waals surface area contributed by atoms with Crippen LogP contribution >= 0.6 is 0 Å². The number of nitrogens with one attached hydrogen (secondary N) is 1. The van der Waals surface area contributed by atoms with E-state index in [9.17, 15) is 13.2 Å². The van der Waals surface area contributed by atoms with Crippen molar-refractivity contribution < 1.29 is 17.9 Å². The van der Waals surface area contributed by atoms with E-state index in [-0.39, 0.29) is 24.0 Å². The third-order valence-corrected chi connectivity index (χ3v) is 6.49. The Morgan fingerprint density at radius 1 is 1.00 bits per heavy atom. The summed E-state index contributed by atoms with van der Waals surface area (Å²) < 4.78 is 32.4. The lowest BCUT2D eigenvalue weighted by atomic mass is 10.2. The van der Waals surface area contributed by atoms with Crippen molar-refractivity contribution in [3.63, 3.8) is 0 Å². The van der Waals surface area contributed by atoms with E-state index in [1.54, 1.807) is 29.2 Å². The van der Waals surface area contributed by atoms with Gasteiger partial charge in [0, 0.05) is 26.2 Å². The van der Waals surface area contributed by atoms with Crippen LogP contribution in [0, 0.1) is 6.92 Å². The molecular formula is C20H25N3O4S. The summed E-state index contributed by atoms with van der Waals surface area (Å²) in [4.78, 5) is 14.2. The van der Waals surface area contributed by atoms with Gasteiger partial charge < -0.3 is 15.0 Å². The average molecular weight is 404 g/mol. The number of para-hydroxylation sites is 1. The maximum atomic E-state index is 12.7. The number of benzene rings is 2. The van der Waals surface area contributed by atoms with Crippen LogP contribution in [0.25, 0.3) is 0 Å². The number of rotatable bonds is 6. The molecule has 1 fully saturated rings. The molecule has 1 heterocycles. The highest BCUT2D eigenvalue weighted by Gasteiger charge is 2.29. The van der Waals surface area contributed by atoms with Crippen molar-refractivity contribution in [3.05, 3.63) is 60.2 Å². The summed E-state index contributed by atoms with van der Waals surface area (Å²) in [6, 6.07) is 16.0. The molecule has 1 saturated heterocycles. The molecule has 28 heavy (non-hydrogen) atoms. The maximum Gasteiger partial charge on any atom is 0.317 e. The first-order chi connectivity index (χ1) is 13.5. The molecule has 3 rings (SSSR count). The number of nitrogens with zero attached hydrogens (tertiary/aromatic N) is 2. The maximum absolute atomic E-state index is 12.7. The van der Waals surface area contributed by atoms with Crippen LogP contribution in [0.5, 0.6) is 5.75 Å². The van der Waals surface area contributed by atoms with Gasteiger partial charge in [0.25, 0.3) is 0 Å². The van der Waals surface area contributed by atoms with E-state index in [4.69, 9.17) is 4.74 Å². The molecule has 0 spiro atoms. The number of hydrogen-bond acceptors (Lipinski definition) is 4. The van der Waals surface area contributed by atoms with E-state index < -0.39 is 10.0 Å². The van der Waals surface area contributed by atoms with Crippen molar-refractivity contribution in [1.29, 1.82) is 0 Å². The summed E-state index contributed by atoms with van der Waals surface area (Å²) in [6.07, 6.45) is 0. The van der Waals surface area contributed by atoms with Gasteiger partial charge in [0.15, 0.2) is 0 Å². The second-order valence-electron chi connectivity index (χ2n) is 6.60. The lowest BCUT2D eigenvalue weighted by Gasteiger charge is -2.34. The Hall–Kier alpha value is -2.58. The van der Waals surface area contributed by atoms with Crippen molar-refractivity contribution in [2.45, 2.75) is 11.8 Å². The Morgan fingerprint density at radius 2 is 1.64 bits per heavy atom. The van der Waals surface area contributed by atoms with E-state index >= 15 is 0 Å². The molecular weight excluding hydrogens is 378 g/mol. The monoisotopic (exact) mass is 403 g/mol. The highest BCUT2D eigenvalue weighted by Crippen LogP contribution is 2.18. The molecule has 2 aromatic carbocycles. The van der Waals surface area contributed by atoms with Crippen LogP contribution in [-0.4, -0.2) is 63.0 Å². The third kappa shape index (κ3) is 5.02. The van der Waals surface area contributed by atoms with Crippen molar-refractivity contribution in [3.8, 4) is 5.75 Å². The van der Waals surface area contributed by atoms with E-state index in [1.165, 1.54) is 4.31 Å². The van der Waals surface area contributed by atoms with Crippen LogP contribution in [0.3, 0.4) is 0 Å². The highest BCUT2D eigenvalue weighted by molar-refractivity contribution is 7.89. The molecule has 0 aliphatic carbocycles. The lowest BCUT2D eigenvalue weighted by molar-refractivity contribution is 0.170. The van der Waals surface area contributed by atoms with Gasteiger partial charge in [-0.3, -0.25) is 0 Å². The quantitative estimate of drug-likeness (QED) is 0.749. The molecule has 7 nitrogen and oxygen atoms in total. The molecule has 150 valence electrons. The van der Waals surface area contributed by atoms with E-state index in [1.807, 2.05) is 37.3 Å². The zero-order valence-electron chi connectivity index (χ0n) is 15.9. The smallest absolute Gasteiger partial charge is 0.317 e. The minimum atomic E-state index is -3.52. The number of ether oxygens (including phenoxy) is 1. The minimum Gasteiger partial charge on any atom is -0.492 e. The molecule has 0 bridgehead atoms. The lowest BCUT2D eigenvalue weighted by Crippen LogP contribution is -2.53. The fourth-order valence-corrected chi connectivity index (χ4v) is 4.37. The number of piperazine rings is 1. The number of carbonyl (C=O) groups excluding carboxylic acids is 1. The average Bonchev–Trinajstić information content (AvgIpc) is 2.72. The first-order valence-electron chi connectivity index (χ1n) is 9.24. The second kappa shape index (κ2) is 9.07. The minimum absolute atomic E-state index is 0.205. The van der Waals surface area contributed by atoms with Crippen molar-refractivity contribution in [1.82, 2.24) is 14.5 Å². The van der Waals surface area contributed by atoms with Crippen LogP contribution in [0.15, 0.2) is 59.5 Å². The largest absolute Gasteiger partial charge is 0.492 e. The second-order valence-corrected chi connectivity index (χ2v) is 8.54. The van der Waals surface area contributed by atoms with Gasteiger partial charge in [-0.25, -0.2) is 13.2 Å². The molecule has 0 atom stereocenters. The molecule has 2 aromatic rings. The van der Waals surface area contributed by atoms with Gasteiger partial charge in [-0.1, -0.05) is 35.9 Å². The van der Waals surface area contributed by atoms with E-state index in [2.05, 4.69) is 5.32 Å². The molecule has 8 heteroatoms. The molecule has 1 aliphatic rings. The summed E-state index contributed by atoms with van der Waals surface area (Å²) in [5.41, 5.74) is 1.01. The van der Waals surface area contributed by atoms with Gasteiger partial charge in [0.1, 0.15) is 12.4 Å². The Bertz CT molecular complexity index is 877. The Balaban J connectivity index is 1.44. The van der Waals surface area contributed by atoms with Crippen LogP contribution in [0.4, 0.5) is 4.79 Å². The van der Waals surface area contributed by atoms with Crippen LogP contribution in [0.2, 0.25) is 0 Å². The van der Waals surface area contributed by atoms with Gasteiger partial charge in [0.2, 0.25) is 10.0 Å². The van der Waals surface area contributed by atoms with Crippen molar-refractivity contribution in [2.75, 3.05) is 39.3 Å². The van der Waals surface area contributed by atoms with Crippen LogP contribution in [0.1, 0.15) is 5.56 Å². The SMILES string of the molecule is Cc1ccc(S(=O)(=O)N2CCN(C(=O)NCCOc3ccccc3)CC2)cc1. The summed E-state index contributed by atoms with van der Waals surface area (Å²) >= 11 is 0. The fraction of sp³-hybridized carbons (Fsp3) is 0.350. The van der Waals surface area contributed by atoms with Gasteiger partial charge in [-0.2, -0.15) is 4.31 Å². The normalized spacial score (nSPS) is 15.2. The molecule has 1 aliphatic heterocycles. The third-order valence-electron chi connectivity index (χ3n) is 4.57. The van der Waals surface area contributed by atoms with Crippen LogP contribution < -0.4 is 10.1 Å². The highest BCUT2D eigenvalue weighted by atomic mass is 32.2. The van der Waals surface area contributed by atoms with Crippen molar-refractivity contribution >= 4 is 16.1 Å². The first-order valence-corrected chi connectivity index (χ1v) is 10.7. The topological polar surface area (TPSA) is 79.0 Å². The summed E-state index contributed by atoms with van der Waals surface area (Å²) in [6.45, 7) is 3.95. The molecule has 0 aromatic heterocycles. The number of aryl methyl sites for hydroxylation is 1. The van der Waals surface area contributed by atoms with Crippen molar-refractivity contribution in [2.24, 2.45) is 0 Å². The predicted octanol–water partition coefficient (Wildman–Crippen LogP) is 2.09. The number of hydrogen-bond donors (Lipinski definition) is 1. The number of amides is 2. The summed E-state index contributed by atoms with van der Waals surface area (Å²) in [7, 11) is -3.52. The van der Waals surface area contributed by atoms with E-state index in [0.717, 1.165) is 11.3 Å². The first kappa shape index (κ1) is 20.2. The van der Waals surface area contributed by atoms with Gasteiger partial charge in [-0.05, 0) is 31.2 Å². The predicted molar refractivity (Wildman–Crippen MR) is 107 cm³/mol.